The van der Waals surface area contributed by atoms with Crippen LogP contribution >= 0.6 is 0 Å². The molecule has 0 aliphatic carbocycles. The maximum Gasteiger partial charge on any atom is 0.129 e. The van der Waals surface area contributed by atoms with Crippen LogP contribution < -0.4 is 0 Å². The Balaban J connectivity index is 2.58. The van der Waals surface area contributed by atoms with Crippen LogP contribution in [-0.4, -0.2) is 5.78 Å². The van der Waals surface area contributed by atoms with Crippen LogP contribution in [-0.2, 0) is 4.79 Å². The highest BCUT2D eigenvalue weighted by Crippen LogP contribution is 2.24. The molecule has 0 amide bonds. The second kappa shape index (κ2) is 5.58. The maximum atomic E-state index is 10.9. The molecule has 0 bridgehead atoms. The molecular weight excluding hydrogens is 172 g/mol. The molecule has 0 saturated heterocycles. The van der Waals surface area contributed by atoms with Gasteiger partial charge in [-0.05, 0) is 31.2 Å². The van der Waals surface area contributed by atoms with Gasteiger partial charge in [-0.25, -0.2) is 0 Å². The van der Waals surface area contributed by atoms with Crippen molar-refractivity contribution in [1.29, 1.82) is 0 Å². The number of rotatable bonds is 5. The Kier molecular flexibility index (Phi) is 4.37. The summed E-state index contributed by atoms with van der Waals surface area (Å²) in [6, 6.07) is 10.4. The summed E-state index contributed by atoms with van der Waals surface area (Å²) in [5.74, 6) is 0.833. The van der Waals surface area contributed by atoms with Crippen LogP contribution in [0.1, 0.15) is 44.6 Å². The molecule has 1 heteroatoms. The SMILES string of the molecule is CCC(CCC(C)=O)c1ccccc1. The van der Waals surface area contributed by atoms with E-state index in [1.165, 1.54) is 5.56 Å². The third kappa shape index (κ3) is 3.33. The lowest BCUT2D eigenvalue weighted by Crippen LogP contribution is -2.00. The zero-order chi connectivity index (χ0) is 10.4. The Bertz CT molecular complexity index is 277. The molecule has 0 spiro atoms. The smallest absolute Gasteiger partial charge is 0.129 e. The number of ketones is 1. The summed E-state index contributed by atoms with van der Waals surface area (Å²) in [5.41, 5.74) is 1.36. The number of benzene rings is 1. The minimum Gasteiger partial charge on any atom is -0.300 e. The van der Waals surface area contributed by atoms with Crippen LogP contribution in [0.15, 0.2) is 30.3 Å². The number of hydrogen-bond donors (Lipinski definition) is 0. The van der Waals surface area contributed by atoms with E-state index in [2.05, 4.69) is 31.2 Å². The summed E-state index contributed by atoms with van der Waals surface area (Å²) < 4.78 is 0. The third-order valence-corrected chi connectivity index (χ3v) is 2.61. The molecule has 1 rings (SSSR count). The fraction of sp³-hybridized carbons (Fsp3) is 0.462. The highest BCUT2D eigenvalue weighted by atomic mass is 16.1. The van der Waals surface area contributed by atoms with Gasteiger partial charge in [0, 0.05) is 6.42 Å². The molecule has 1 unspecified atom stereocenters. The van der Waals surface area contributed by atoms with Gasteiger partial charge in [-0.1, -0.05) is 37.3 Å². The predicted octanol–water partition coefficient (Wildman–Crippen LogP) is 3.55. The third-order valence-electron chi connectivity index (χ3n) is 2.61. The van der Waals surface area contributed by atoms with Gasteiger partial charge in [0.2, 0.25) is 0 Å². The number of carbonyl (C=O) groups is 1. The highest BCUT2D eigenvalue weighted by molar-refractivity contribution is 5.75. The Hall–Kier alpha value is -1.11. The van der Waals surface area contributed by atoms with Gasteiger partial charge in [-0.3, -0.25) is 0 Å². The molecule has 1 aromatic rings. The minimum atomic E-state index is 0.291. The second-order valence-electron chi connectivity index (χ2n) is 3.76. The fourth-order valence-corrected chi connectivity index (χ4v) is 1.71. The van der Waals surface area contributed by atoms with E-state index in [0.29, 0.717) is 18.1 Å². The van der Waals surface area contributed by atoms with Crippen molar-refractivity contribution in [2.24, 2.45) is 0 Å². The van der Waals surface area contributed by atoms with Crippen LogP contribution in [0.2, 0.25) is 0 Å². The molecule has 1 nitrogen and oxygen atoms in total. The van der Waals surface area contributed by atoms with E-state index >= 15 is 0 Å². The van der Waals surface area contributed by atoms with Crippen LogP contribution in [0.5, 0.6) is 0 Å². The lowest BCUT2D eigenvalue weighted by molar-refractivity contribution is -0.117. The van der Waals surface area contributed by atoms with Gasteiger partial charge in [-0.2, -0.15) is 0 Å². The predicted molar refractivity (Wildman–Crippen MR) is 59.4 cm³/mol. The number of carbonyl (C=O) groups excluding carboxylic acids is 1. The van der Waals surface area contributed by atoms with Gasteiger partial charge < -0.3 is 4.79 Å². The molecular formula is C13H18O. The molecule has 0 N–H and O–H groups in total. The second-order valence-corrected chi connectivity index (χ2v) is 3.76. The Morgan fingerprint density at radius 2 is 1.93 bits per heavy atom. The lowest BCUT2D eigenvalue weighted by Gasteiger charge is -2.13. The normalized spacial score (nSPS) is 12.4. The van der Waals surface area contributed by atoms with Crippen molar-refractivity contribution in [3.63, 3.8) is 0 Å². The Labute approximate surface area is 86.1 Å². The molecule has 14 heavy (non-hydrogen) atoms. The molecule has 0 saturated carbocycles. The van der Waals surface area contributed by atoms with Crippen molar-refractivity contribution in [1.82, 2.24) is 0 Å². The first kappa shape index (κ1) is 11.0. The standard InChI is InChI=1S/C13H18O/c1-3-12(10-9-11(2)14)13-7-5-4-6-8-13/h4-8,12H,3,9-10H2,1-2H3. The van der Waals surface area contributed by atoms with Gasteiger partial charge in [0.25, 0.3) is 0 Å². The van der Waals surface area contributed by atoms with Crippen LogP contribution in [0, 0.1) is 0 Å². The van der Waals surface area contributed by atoms with Crippen molar-refractivity contribution in [2.45, 2.75) is 39.0 Å². The van der Waals surface area contributed by atoms with Gasteiger partial charge in [0.15, 0.2) is 0 Å². The Morgan fingerprint density at radius 1 is 1.29 bits per heavy atom. The molecule has 0 aromatic heterocycles. The van der Waals surface area contributed by atoms with Crippen molar-refractivity contribution in [3.8, 4) is 0 Å². The van der Waals surface area contributed by atoms with Gasteiger partial charge in [-0.15, -0.1) is 0 Å². The van der Waals surface area contributed by atoms with E-state index < -0.39 is 0 Å². The van der Waals surface area contributed by atoms with Crippen molar-refractivity contribution < 1.29 is 4.79 Å². The summed E-state index contributed by atoms with van der Waals surface area (Å²) in [6.45, 7) is 3.84. The average Bonchev–Trinajstić information content (AvgIpc) is 2.20. The maximum absolute atomic E-state index is 10.9. The zero-order valence-electron chi connectivity index (χ0n) is 8.99. The molecule has 76 valence electrons. The molecule has 0 radical (unpaired) electrons. The summed E-state index contributed by atoms with van der Waals surface area (Å²) in [5, 5.41) is 0. The fourth-order valence-electron chi connectivity index (χ4n) is 1.71. The first-order valence-electron chi connectivity index (χ1n) is 5.28. The van der Waals surface area contributed by atoms with Crippen LogP contribution in [0.3, 0.4) is 0 Å². The van der Waals surface area contributed by atoms with Crippen molar-refractivity contribution in [2.75, 3.05) is 0 Å². The monoisotopic (exact) mass is 190 g/mol. The van der Waals surface area contributed by atoms with Gasteiger partial charge >= 0.3 is 0 Å². The summed E-state index contributed by atoms with van der Waals surface area (Å²) in [6.07, 6.45) is 2.79. The molecule has 1 atom stereocenters. The first-order valence-corrected chi connectivity index (χ1v) is 5.28. The molecule has 0 fully saturated rings. The highest BCUT2D eigenvalue weighted by Gasteiger charge is 2.09. The van der Waals surface area contributed by atoms with Crippen molar-refractivity contribution in [3.05, 3.63) is 35.9 Å². The largest absolute Gasteiger partial charge is 0.300 e. The van der Waals surface area contributed by atoms with Gasteiger partial charge in [0.05, 0.1) is 0 Å². The number of Topliss-reactive ketones (excluding diaryl/α,β-unsaturated/α-hetero) is 1. The van der Waals surface area contributed by atoms with Crippen LogP contribution in [0.25, 0.3) is 0 Å². The quantitative estimate of drug-likeness (QED) is 0.694. The molecule has 0 heterocycles. The Morgan fingerprint density at radius 3 is 2.43 bits per heavy atom. The van der Waals surface area contributed by atoms with E-state index in [4.69, 9.17) is 0 Å². The van der Waals surface area contributed by atoms with Gasteiger partial charge in [0.1, 0.15) is 5.78 Å². The summed E-state index contributed by atoms with van der Waals surface area (Å²) in [4.78, 5) is 10.9. The van der Waals surface area contributed by atoms with Crippen molar-refractivity contribution >= 4 is 5.78 Å². The van der Waals surface area contributed by atoms with E-state index in [-0.39, 0.29) is 0 Å². The van der Waals surface area contributed by atoms with E-state index in [1.807, 2.05) is 6.07 Å². The average molecular weight is 190 g/mol. The summed E-state index contributed by atoms with van der Waals surface area (Å²) >= 11 is 0. The molecule has 1 aromatic carbocycles. The number of hydrogen-bond acceptors (Lipinski definition) is 1. The first-order chi connectivity index (χ1) is 6.74. The topological polar surface area (TPSA) is 17.1 Å². The van der Waals surface area contributed by atoms with E-state index in [9.17, 15) is 4.79 Å². The lowest BCUT2D eigenvalue weighted by atomic mass is 9.91. The van der Waals surface area contributed by atoms with E-state index in [1.54, 1.807) is 6.92 Å². The summed E-state index contributed by atoms with van der Waals surface area (Å²) in [7, 11) is 0. The zero-order valence-corrected chi connectivity index (χ0v) is 8.99. The van der Waals surface area contributed by atoms with E-state index in [0.717, 1.165) is 12.8 Å². The van der Waals surface area contributed by atoms with Crippen LogP contribution in [0.4, 0.5) is 0 Å². The molecule has 0 aliphatic rings. The molecule has 0 aliphatic heterocycles. The minimum absolute atomic E-state index is 0.291.